The number of hydrogen-bond acceptors (Lipinski definition) is 4. The van der Waals surface area contributed by atoms with Crippen LogP contribution in [0.5, 0.6) is 5.75 Å². The van der Waals surface area contributed by atoms with Crippen LogP contribution in [0.3, 0.4) is 0 Å². The lowest BCUT2D eigenvalue weighted by atomic mass is 10.1. The molecular weight excluding hydrogens is 388 g/mol. The van der Waals surface area contributed by atoms with Crippen LogP contribution >= 0.6 is 11.6 Å². The summed E-state index contributed by atoms with van der Waals surface area (Å²) in [5, 5.41) is 0.667. The normalized spacial score (nSPS) is 10.7. The minimum absolute atomic E-state index is 0.0688. The van der Waals surface area contributed by atoms with Gasteiger partial charge in [0.1, 0.15) is 5.75 Å². The average Bonchev–Trinajstić information content (AvgIpc) is 2.69. The molecule has 0 atom stereocenters. The third-order valence-corrected chi connectivity index (χ3v) is 5.31. The predicted molar refractivity (Wildman–Crippen MR) is 118 cm³/mol. The average molecular weight is 425 g/mol. The van der Waals surface area contributed by atoms with Gasteiger partial charge in [-0.25, -0.2) is 0 Å². The van der Waals surface area contributed by atoms with Gasteiger partial charge in [-0.1, -0.05) is 69.9 Å². The van der Waals surface area contributed by atoms with Crippen molar-refractivity contribution in [2.24, 2.45) is 0 Å². The molecule has 0 aliphatic carbocycles. The molecule has 0 heterocycles. The molecule has 0 unspecified atom stereocenters. The summed E-state index contributed by atoms with van der Waals surface area (Å²) in [7, 11) is 0. The van der Waals surface area contributed by atoms with Gasteiger partial charge >= 0.3 is 11.9 Å². The Morgan fingerprint density at radius 1 is 0.828 bits per heavy atom. The van der Waals surface area contributed by atoms with Gasteiger partial charge in [0.05, 0.1) is 6.61 Å². The van der Waals surface area contributed by atoms with Gasteiger partial charge < -0.3 is 9.47 Å². The number of carbonyl (C=O) groups excluding carboxylic acids is 2. The second-order valence-electron chi connectivity index (χ2n) is 7.64. The van der Waals surface area contributed by atoms with Gasteiger partial charge in [-0.3, -0.25) is 9.59 Å². The summed E-state index contributed by atoms with van der Waals surface area (Å²) in [5.74, 6) is 0.273. The molecule has 1 aromatic carbocycles. The van der Waals surface area contributed by atoms with E-state index in [2.05, 4.69) is 6.92 Å². The molecule has 5 heteroatoms. The predicted octanol–water partition coefficient (Wildman–Crippen LogP) is 7.19. The highest BCUT2D eigenvalue weighted by molar-refractivity contribution is 6.31. The van der Waals surface area contributed by atoms with Gasteiger partial charge in [-0.05, 0) is 49.9 Å². The number of rotatable bonds is 16. The minimum atomic E-state index is -0.204. The highest BCUT2D eigenvalue weighted by atomic mass is 35.5. The first-order valence-electron chi connectivity index (χ1n) is 11.2. The van der Waals surface area contributed by atoms with Gasteiger partial charge in [0.25, 0.3) is 0 Å². The summed E-state index contributed by atoms with van der Waals surface area (Å²) in [4.78, 5) is 23.5. The molecule has 0 aliphatic rings. The Morgan fingerprint density at radius 3 is 2.07 bits per heavy atom. The van der Waals surface area contributed by atoms with Crippen LogP contribution in [0, 0.1) is 6.92 Å². The van der Waals surface area contributed by atoms with Crippen LogP contribution in [0.4, 0.5) is 0 Å². The van der Waals surface area contributed by atoms with Crippen LogP contribution in [0.1, 0.15) is 96.0 Å². The number of hydrogen-bond donors (Lipinski definition) is 0. The van der Waals surface area contributed by atoms with Crippen molar-refractivity contribution in [2.45, 2.75) is 97.3 Å². The molecule has 0 N–H and O–H groups in total. The number of unbranched alkanes of at least 4 members (excludes halogenated alkanes) is 9. The minimum Gasteiger partial charge on any atom is -0.466 e. The molecule has 0 amide bonds. The zero-order chi connectivity index (χ0) is 21.3. The zero-order valence-electron chi connectivity index (χ0n) is 18.1. The summed E-state index contributed by atoms with van der Waals surface area (Å²) in [5.41, 5.74) is 0.896. The lowest BCUT2D eigenvalue weighted by Crippen LogP contribution is -2.07. The van der Waals surface area contributed by atoms with Crippen LogP contribution in [0.15, 0.2) is 18.2 Å². The summed E-state index contributed by atoms with van der Waals surface area (Å²) in [6.07, 6.45) is 12.7. The molecule has 164 valence electrons. The largest absolute Gasteiger partial charge is 0.466 e. The van der Waals surface area contributed by atoms with Gasteiger partial charge in [0.2, 0.25) is 0 Å². The van der Waals surface area contributed by atoms with E-state index in [-0.39, 0.29) is 11.9 Å². The third-order valence-electron chi connectivity index (χ3n) is 4.88. The van der Waals surface area contributed by atoms with E-state index in [9.17, 15) is 9.59 Å². The van der Waals surface area contributed by atoms with E-state index in [0.29, 0.717) is 30.2 Å². The van der Waals surface area contributed by atoms with E-state index in [1.165, 1.54) is 19.3 Å². The first-order chi connectivity index (χ1) is 14.0. The standard InChI is InChI=1S/C24H37ClO4/c1-3-4-5-10-13-18-28-23(26)14-11-8-6-7-9-12-15-24(27)29-21-16-17-22(25)20(2)19-21/h16-17,19H,3-15,18H2,1-2H3. The van der Waals surface area contributed by atoms with E-state index >= 15 is 0 Å². The third kappa shape index (κ3) is 13.3. The van der Waals surface area contributed by atoms with Crippen molar-refractivity contribution in [3.63, 3.8) is 0 Å². The lowest BCUT2D eigenvalue weighted by Gasteiger charge is -2.06. The maximum atomic E-state index is 11.9. The second kappa shape index (κ2) is 16.3. The number of carbonyl (C=O) groups is 2. The maximum absolute atomic E-state index is 11.9. The maximum Gasteiger partial charge on any atom is 0.311 e. The van der Waals surface area contributed by atoms with Crippen LogP contribution in [-0.2, 0) is 14.3 Å². The Balaban J connectivity index is 1.93. The van der Waals surface area contributed by atoms with Gasteiger partial charge in [0, 0.05) is 17.9 Å². The zero-order valence-corrected chi connectivity index (χ0v) is 18.9. The first kappa shape index (κ1) is 25.5. The Kier molecular flexibility index (Phi) is 14.3. The van der Waals surface area contributed by atoms with Gasteiger partial charge in [-0.2, -0.15) is 0 Å². The van der Waals surface area contributed by atoms with E-state index in [1.54, 1.807) is 18.2 Å². The molecule has 0 spiro atoms. The Labute approximate surface area is 181 Å². The van der Waals surface area contributed by atoms with Crippen molar-refractivity contribution < 1.29 is 19.1 Å². The monoisotopic (exact) mass is 424 g/mol. The molecule has 0 bridgehead atoms. The molecule has 29 heavy (non-hydrogen) atoms. The molecule has 1 aromatic rings. The van der Waals surface area contributed by atoms with Crippen molar-refractivity contribution in [3.05, 3.63) is 28.8 Å². The number of esters is 2. The summed E-state index contributed by atoms with van der Waals surface area (Å²) in [6.45, 7) is 4.64. The summed E-state index contributed by atoms with van der Waals surface area (Å²) < 4.78 is 10.6. The van der Waals surface area contributed by atoms with Gasteiger partial charge in [0.15, 0.2) is 0 Å². The van der Waals surface area contributed by atoms with Crippen molar-refractivity contribution in [2.75, 3.05) is 6.61 Å². The summed E-state index contributed by atoms with van der Waals surface area (Å²) in [6, 6.07) is 5.23. The Bertz CT molecular complexity index is 601. The molecule has 0 saturated heterocycles. The van der Waals surface area contributed by atoms with Crippen LogP contribution in [-0.4, -0.2) is 18.5 Å². The SMILES string of the molecule is CCCCCCCOC(=O)CCCCCCCCC(=O)Oc1ccc(Cl)c(C)c1. The fourth-order valence-electron chi connectivity index (χ4n) is 3.07. The molecular formula is C24H37ClO4. The van der Waals surface area contributed by atoms with Crippen molar-refractivity contribution in [1.82, 2.24) is 0 Å². The number of aryl methyl sites for hydroxylation is 1. The van der Waals surface area contributed by atoms with E-state index in [0.717, 1.165) is 56.9 Å². The van der Waals surface area contributed by atoms with Crippen LogP contribution < -0.4 is 4.74 Å². The molecule has 0 aromatic heterocycles. The van der Waals surface area contributed by atoms with Gasteiger partial charge in [-0.15, -0.1) is 0 Å². The molecule has 0 saturated carbocycles. The highest BCUT2D eigenvalue weighted by Gasteiger charge is 2.06. The molecule has 1 rings (SSSR count). The Hall–Kier alpha value is -1.55. The fraction of sp³-hybridized carbons (Fsp3) is 0.667. The van der Waals surface area contributed by atoms with E-state index in [4.69, 9.17) is 21.1 Å². The van der Waals surface area contributed by atoms with Crippen molar-refractivity contribution in [1.29, 1.82) is 0 Å². The smallest absolute Gasteiger partial charge is 0.311 e. The molecule has 4 nitrogen and oxygen atoms in total. The van der Waals surface area contributed by atoms with E-state index in [1.807, 2.05) is 6.92 Å². The van der Waals surface area contributed by atoms with Crippen LogP contribution in [0.25, 0.3) is 0 Å². The Morgan fingerprint density at radius 2 is 1.41 bits per heavy atom. The van der Waals surface area contributed by atoms with Crippen molar-refractivity contribution in [3.8, 4) is 5.75 Å². The molecule has 0 radical (unpaired) electrons. The fourth-order valence-corrected chi connectivity index (χ4v) is 3.19. The number of ether oxygens (including phenoxy) is 2. The molecule has 0 fully saturated rings. The quantitative estimate of drug-likeness (QED) is 0.160. The number of halogens is 1. The first-order valence-corrected chi connectivity index (χ1v) is 11.5. The topological polar surface area (TPSA) is 52.6 Å². The number of benzene rings is 1. The summed E-state index contributed by atoms with van der Waals surface area (Å²) >= 11 is 5.97. The molecule has 0 aliphatic heterocycles. The second-order valence-corrected chi connectivity index (χ2v) is 8.05. The van der Waals surface area contributed by atoms with E-state index < -0.39 is 0 Å². The van der Waals surface area contributed by atoms with Crippen LogP contribution in [0.2, 0.25) is 5.02 Å². The van der Waals surface area contributed by atoms with Crippen molar-refractivity contribution >= 4 is 23.5 Å². The lowest BCUT2D eigenvalue weighted by molar-refractivity contribution is -0.144. The highest BCUT2D eigenvalue weighted by Crippen LogP contribution is 2.21.